The molecular weight excluding hydrogens is 198 g/mol. The number of carbonyl (C=O) groups excluding carboxylic acids is 1. The van der Waals surface area contributed by atoms with Gasteiger partial charge in [-0.1, -0.05) is 18.2 Å². The number of ketones is 1. The second-order valence-corrected chi connectivity index (χ2v) is 5.07. The maximum absolute atomic E-state index is 12.1. The van der Waals surface area contributed by atoms with Crippen molar-refractivity contribution in [1.29, 1.82) is 0 Å². The van der Waals surface area contributed by atoms with Crippen LogP contribution in [-0.2, 0) is 11.2 Å². The van der Waals surface area contributed by atoms with Gasteiger partial charge in [-0.2, -0.15) is 0 Å². The van der Waals surface area contributed by atoms with E-state index in [4.69, 9.17) is 0 Å². The number of hydrogen-bond acceptors (Lipinski definition) is 2. The molecule has 1 aromatic rings. The first-order valence-corrected chi connectivity index (χ1v) is 6.15. The number of hydrogen-bond donors (Lipinski definition) is 1. The van der Waals surface area contributed by atoms with Crippen LogP contribution in [0.3, 0.4) is 0 Å². The van der Waals surface area contributed by atoms with Crippen LogP contribution in [0.1, 0.15) is 31.2 Å². The van der Waals surface area contributed by atoms with Crippen LogP contribution in [0.5, 0.6) is 0 Å². The largest absolute Gasteiger partial charge is 0.385 e. The van der Waals surface area contributed by atoms with Crippen LogP contribution in [-0.4, -0.2) is 12.3 Å². The fraction of sp³-hybridized carbons (Fsp3) is 0.500. The van der Waals surface area contributed by atoms with Crippen LogP contribution in [0, 0.1) is 5.41 Å². The van der Waals surface area contributed by atoms with Gasteiger partial charge in [0.25, 0.3) is 0 Å². The first kappa shape index (κ1) is 9.88. The topological polar surface area (TPSA) is 29.1 Å². The summed E-state index contributed by atoms with van der Waals surface area (Å²) < 4.78 is 0. The Labute approximate surface area is 96.1 Å². The molecular formula is C14H17NO. The SMILES string of the molecule is O=C1CCCC12CCNc1ccccc1C2. The van der Waals surface area contributed by atoms with Crippen molar-refractivity contribution in [3.05, 3.63) is 29.8 Å². The quantitative estimate of drug-likeness (QED) is 0.721. The number of rotatable bonds is 0. The van der Waals surface area contributed by atoms with Crippen molar-refractivity contribution < 1.29 is 4.79 Å². The summed E-state index contributed by atoms with van der Waals surface area (Å²) in [4.78, 5) is 12.1. The summed E-state index contributed by atoms with van der Waals surface area (Å²) in [5.74, 6) is 0.492. The molecule has 1 atom stereocenters. The Morgan fingerprint density at radius 2 is 2.06 bits per heavy atom. The average Bonchev–Trinajstić information content (AvgIpc) is 2.54. The lowest BCUT2D eigenvalue weighted by atomic mass is 9.77. The molecule has 1 unspecified atom stereocenters. The lowest BCUT2D eigenvalue weighted by molar-refractivity contribution is -0.125. The van der Waals surface area contributed by atoms with Crippen LogP contribution in [0.15, 0.2) is 24.3 Å². The van der Waals surface area contributed by atoms with Crippen molar-refractivity contribution in [2.45, 2.75) is 32.1 Å². The van der Waals surface area contributed by atoms with Gasteiger partial charge in [-0.25, -0.2) is 0 Å². The maximum Gasteiger partial charge on any atom is 0.139 e. The number of benzene rings is 1. The highest BCUT2D eigenvalue weighted by molar-refractivity contribution is 5.87. The highest BCUT2D eigenvalue weighted by Gasteiger charge is 2.42. The van der Waals surface area contributed by atoms with E-state index in [1.807, 2.05) is 0 Å². The zero-order valence-corrected chi connectivity index (χ0v) is 9.46. The zero-order valence-electron chi connectivity index (χ0n) is 9.46. The molecule has 0 amide bonds. The summed E-state index contributed by atoms with van der Waals surface area (Å²) in [5, 5.41) is 3.44. The molecule has 2 aliphatic rings. The first-order valence-electron chi connectivity index (χ1n) is 6.15. The van der Waals surface area contributed by atoms with Gasteiger partial charge in [-0.05, 0) is 37.3 Å². The Hall–Kier alpha value is -1.31. The predicted octanol–water partition coefficient (Wildman–Crippen LogP) is 2.78. The Morgan fingerprint density at radius 3 is 2.88 bits per heavy atom. The van der Waals surface area contributed by atoms with Crippen molar-refractivity contribution in [2.75, 3.05) is 11.9 Å². The molecule has 0 saturated heterocycles. The van der Waals surface area contributed by atoms with Crippen LogP contribution in [0.2, 0.25) is 0 Å². The third-order valence-electron chi connectivity index (χ3n) is 4.12. The van der Waals surface area contributed by atoms with Gasteiger partial charge in [0.15, 0.2) is 0 Å². The third kappa shape index (κ3) is 1.44. The van der Waals surface area contributed by atoms with E-state index < -0.39 is 0 Å². The minimum atomic E-state index is -0.0421. The van der Waals surface area contributed by atoms with Crippen molar-refractivity contribution in [3.8, 4) is 0 Å². The fourth-order valence-electron chi connectivity index (χ4n) is 3.18. The molecule has 0 radical (unpaired) electrons. The fourth-order valence-corrected chi connectivity index (χ4v) is 3.18. The second-order valence-electron chi connectivity index (χ2n) is 5.07. The molecule has 1 spiro atoms. The molecule has 2 heteroatoms. The average molecular weight is 215 g/mol. The van der Waals surface area contributed by atoms with E-state index in [9.17, 15) is 4.79 Å². The van der Waals surface area contributed by atoms with Crippen LogP contribution in [0.25, 0.3) is 0 Å². The van der Waals surface area contributed by atoms with E-state index >= 15 is 0 Å². The molecule has 3 rings (SSSR count). The highest BCUT2D eigenvalue weighted by Crippen LogP contribution is 2.43. The molecule has 2 nitrogen and oxygen atoms in total. The molecule has 1 heterocycles. The molecule has 1 aliphatic heterocycles. The zero-order chi connectivity index (χ0) is 11.0. The van der Waals surface area contributed by atoms with Crippen LogP contribution in [0.4, 0.5) is 5.69 Å². The molecule has 16 heavy (non-hydrogen) atoms. The summed E-state index contributed by atoms with van der Waals surface area (Å²) in [6, 6.07) is 8.40. The number of nitrogens with one attached hydrogen (secondary N) is 1. The molecule has 1 saturated carbocycles. The van der Waals surface area contributed by atoms with Gasteiger partial charge in [0.2, 0.25) is 0 Å². The molecule has 84 valence electrons. The van der Waals surface area contributed by atoms with Gasteiger partial charge >= 0.3 is 0 Å². The number of anilines is 1. The Balaban J connectivity index is 1.99. The van der Waals surface area contributed by atoms with Gasteiger partial charge in [0.05, 0.1) is 0 Å². The Bertz CT molecular complexity index is 426. The van der Waals surface area contributed by atoms with Crippen molar-refractivity contribution in [2.24, 2.45) is 5.41 Å². The van der Waals surface area contributed by atoms with E-state index in [1.165, 1.54) is 11.3 Å². The van der Waals surface area contributed by atoms with Crippen molar-refractivity contribution in [1.82, 2.24) is 0 Å². The summed E-state index contributed by atoms with van der Waals surface area (Å²) in [6.45, 7) is 0.933. The van der Waals surface area contributed by atoms with Gasteiger partial charge < -0.3 is 5.32 Å². The molecule has 1 N–H and O–H groups in total. The number of para-hydroxylation sites is 1. The lowest BCUT2D eigenvalue weighted by Crippen LogP contribution is -2.28. The third-order valence-corrected chi connectivity index (χ3v) is 4.12. The van der Waals surface area contributed by atoms with E-state index in [0.29, 0.717) is 5.78 Å². The monoisotopic (exact) mass is 215 g/mol. The minimum absolute atomic E-state index is 0.0421. The molecule has 1 aromatic carbocycles. The lowest BCUT2D eigenvalue weighted by Gasteiger charge is -2.25. The highest BCUT2D eigenvalue weighted by atomic mass is 16.1. The number of fused-ring (bicyclic) bond motifs is 1. The minimum Gasteiger partial charge on any atom is -0.385 e. The molecule has 1 fully saturated rings. The van der Waals surface area contributed by atoms with Crippen molar-refractivity contribution >= 4 is 11.5 Å². The van der Waals surface area contributed by atoms with E-state index in [-0.39, 0.29) is 5.41 Å². The maximum atomic E-state index is 12.1. The Kier molecular flexibility index (Phi) is 2.23. The second kappa shape index (κ2) is 3.62. The number of carbonyl (C=O) groups is 1. The molecule has 0 bridgehead atoms. The molecule has 0 aromatic heterocycles. The van der Waals surface area contributed by atoms with Crippen molar-refractivity contribution in [3.63, 3.8) is 0 Å². The smallest absolute Gasteiger partial charge is 0.139 e. The van der Waals surface area contributed by atoms with Gasteiger partial charge in [0, 0.05) is 24.1 Å². The van der Waals surface area contributed by atoms with Gasteiger partial charge in [-0.3, -0.25) is 4.79 Å². The summed E-state index contributed by atoms with van der Waals surface area (Å²) in [6.07, 6.45) is 4.90. The van der Waals surface area contributed by atoms with Gasteiger partial charge in [0.1, 0.15) is 5.78 Å². The van der Waals surface area contributed by atoms with Crippen LogP contribution < -0.4 is 5.32 Å². The summed E-state index contributed by atoms with van der Waals surface area (Å²) >= 11 is 0. The normalized spacial score (nSPS) is 28.6. The predicted molar refractivity (Wildman–Crippen MR) is 64.5 cm³/mol. The van der Waals surface area contributed by atoms with Gasteiger partial charge in [-0.15, -0.1) is 0 Å². The summed E-state index contributed by atoms with van der Waals surface area (Å²) in [5.41, 5.74) is 2.49. The number of Topliss-reactive ketones (excluding diaryl/α,β-unsaturated/α-hetero) is 1. The van der Waals surface area contributed by atoms with Crippen LogP contribution >= 0.6 is 0 Å². The first-order chi connectivity index (χ1) is 7.80. The standard InChI is InChI=1S/C14H17NO/c16-13-6-3-7-14(13)8-9-15-12-5-2-1-4-11(12)10-14/h1-2,4-5,15H,3,6-10H2. The van der Waals surface area contributed by atoms with E-state index in [2.05, 4.69) is 29.6 Å². The Morgan fingerprint density at radius 1 is 1.19 bits per heavy atom. The van der Waals surface area contributed by atoms with E-state index in [1.54, 1.807) is 0 Å². The molecule has 1 aliphatic carbocycles. The summed E-state index contributed by atoms with van der Waals surface area (Å²) in [7, 11) is 0. The van der Waals surface area contributed by atoms with E-state index in [0.717, 1.165) is 38.6 Å².